The minimum absolute atomic E-state index is 0.266. The molecule has 4 rings (SSSR count). The molecule has 0 aliphatic carbocycles. The van der Waals surface area contributed by atoms with E-state index in [0.717, 1.165) is 0 Å². The molecule has 2 aromatic heterocycles. The Morgan fingerprint density at radius 2 is 2.29 bits per heavy atom. The van der Waals surface area contributed by atoms with Crippen molar-refractivity contribution in [1.29, 1.82) is 0 Å². The normalized spacial score (nSPS) is 32.7. The van der Waals surface area contributed by atoms with Gasteiger partial charge in [-0.3, -0.25) is 9.09 Å². The van der Waals surface area contributed by atoms with E-state index in [1.54, 1.807) is 10.9 Å². The monoisotopic (exact) mass is 373 g/mol. The molecule has 4 atom stereocenters. The van der Waals surface area contributed by atoms with Gasteiger partial charge in [-0.25, -0.2) is 15.0 Å². The standard InChI is InChI=1S/C12H16N5O5PS/c1-2-12-3-20-7(8(12)22-23(18,19)24)11(21-12)17-5-16-6-9(13)14-4-15-10(6)17/h4-5,7-8,11H,2-3H2,1H3,(H2,13,14,15)(H2,18,19,24)/t7?,8?,11-,12+/m1/s1. The second-order valence-corrected chi connectivity index (χ2v) is 8.42. The lowest BCUT2D eigenvalue weighted by molar-refractivity contribution is -0.172. The lowest BCUT2D eigenvalue weighted by Gasteiger charge is -2.30. The summed E-state index contributed by atoms with van der Waals surface area (Å²) >= 11 is 4.62. The molecule has 2 saturated heterocycles. The predicted octanol–water partition coefficient (Wildman–Crippen LogP) is 0.0792. The highest BCUT2D eigenvalue weighted by molar-refractivity contribution is 8.06. The van der Waals surface area contributed by atoms with Crippen LogP contribution in [-0.4, -0.2) is 53.7 Å². The highest BCUT2D eigenvalue weighted by atomic mass is 32.5. The smallest absolute Gasteiger partial charge is 0.322 e. The van der Waals surface area contributed by atoms with E-state index < -0.39 is 30.8 Å². The molecule has 0 spiro atoms. The topological polar surface area (TPSA) is 138 Å². The van der Waals surface area contributed by atoms with Crippen LogP contribution >= 0.6 is 6.72 Å². The number of anilines is 1. The van der Waals surface area contributed by atoms with Crippen LogP contribution in [0.1, 0.15) is 19.6 Å². The first-order valence-electron chi connectivity index (χ1n) is 7.31. The molecule has 2 bridgehead atoms. The van der Waals surface area contributed by atoms with Crippen LogP contribution in [0.15, 0.2) is 12.7 Å². The molecule has 2 aromatic rings. The Labute approximate surface area is 141 Å². The van der Waals surface area contributed by atoms with Gasteiger partial charge >= 0.3 is 6.72 Å². The fraction of sp³-hybridized carbons (Fsp3) is 0.583. The zero-order chi connectivity index (χ0) is 17.1. The third-order valence-corrected chi connectivity index (χ3v) is 5.24. The number of nitrogens with two attached hydrogens (primary N) is 1. The van der Waals surface area contributed by atoms with Crippen molar-refractivity contribution in [2.45, 2.75) is 37.4 Å². The molecule has 4 N–H and O–H groups in total. The molecule has 130 valence electrons. The van der Waals surface area contributed by atoms with Gasteiger partial charge in [0.05, 0.1) is 12.9 Å². The summed E-state index contributed by atoms with van der Waals surface area (Å²) in [5.74, 6) is 0.266. The Hall–Kier alpha value is -1.20. The van der Waals surface area contributed by atoms with Crippen molar-refractivity contribution >= 4 is 35.5 Å². The lowest BCUT2D eigenvalue weighted by Crippen LogP contribution is -2.40. The van der Waals surface area contributed by atoms with Crippen LogP contribution in [0.2, 0.25) is 0 Å². The van der Waals surface area contributed by atoms with E-state index in [0.29, 0.717) is 17.6 Å². The quantitative estimate of drug-likeness (QED) is 0.632. The maximum atomic E-state index is 9.57. The maximum Gasteiger partial charge on any atom is 0.322 e. The van der Waals surface area contributed by atoms with Crippen molar-refractivity contribution in [3.63, 3.8) is 0 Å². The van der Waals surface area contributed by atoms with Gasteiger partial charge in [0.15, 0.2) is 17.7 Å². The van der Waals surface area contributed by atoms with Crippen LogP contribution in [0.3, 0.4) is 0 Å². The molecule has 0 aromatic carbocycles. The number of fused-ring (bicyclic) bond motifs is 3. The number of hydrogen-bond acceptors (Lipinski definition) is 8. The summed E-state index contributed by atoms with van der Waals surface area (Å²) in [5.41, 5.74) is 5.96. The maximum absolute atomic E-state index is 9.57. The summed E-state index contributed by atoms with van der Waals surface area (Å²) in [5, 5.41) is 0. The Morgan fingerprint density at radius 3 is 3.00 bits per heavy atom. The molecule has 2 aliphatic heterocycles. The first kappa shape index (κ1) is 16.3. The first-order chi connectivity index (χ1) is 11.3. The molecule has 2 aliphatic rings. The number of aromatic nitrogens is 4. The van der Waals surface area contributed by atoms with E-state index in [1.807, 2.05) is 6.92 Å². The third kappa shape index (κ3) is 2.36. The van der Waals surface area contributed by atoms with Crippen LogP contribution in [0.4, 0.5) is 5.82 Å². The minimum atomic E-state index is -3.86. The highest BCUT2D eigenvalue weighted by Crippen LogP contribution is 2.53. The molecular formula is C12H16N5O5PS. The van der Waals surface area contributed by atoms with Crippen molar-refractivity contribution in [3.05, 3.63) is 12.7 Å². The van der Waals surface area contributed by atoms with Gasteiger partial charge in [0, 0.05) is 0 Å². The average Bonchev–Trinajstić information content (AvgIpc) is 3.17. The van der Waals surface area contributed by atoms with E-state index in [4.69, 9.17) is 19.7 Å². The molecule has 0 radical (unpaired) electrons. The number of nitrogen functional groups attached to an aromatic ring is 1. The first-order valence-corrected chi connectivity index (χ1v) is 9.93. The number of rotatable bonds is 4. The number of nitrogens with zero attached hydrogens (tertiary/aromatic N) is 4. The number of imidazole rings is 1. The summed E-state index contributed by atoms with van der Waals surface area (Å²) in [4.78, 5) is 31.5. The van der Waals surface area contributed by atoms with E-state index >= 15 is 0 Å². The van der Waals surface area contributed by atoms with Crippen molar-refractivity contribution in [3.8, 4) is 0 Å². The van der Waals surface area contributed by atoms with Gasteiger partial charge in [0.25, 0.3) is 0 Å². The fourth-order valence-electron chi connectivity index (χ4n) is 3.31. The van der Waals surface area contributed by atoms with Crippen LogP contribution in [0, 0.1) is 0 Å². The van der Waals surface area contributed by atoms with Crippen LogP contribution in [-0.2, 0) is 25.8 Å². The van der Waals surface area contributed by atoms with Crippen LogP contribution < -0.4 is 5.73 Å². The zero-order valence-electron chi connectivity index (χ0n) is 12.6. The average molecular weight is 373 g/mol. The lowest BCUT2D eigenvalue weighted by atomic mass is 9.96. The highest BCUT2D eigenvalue weighted by Gasteiger charge is 2.63. The van der Waals surface area contributed by atoms with Crippen molar-refractivity contribution in [2.75, 3.05) is 12.3 Å². The molecule has 12 heteroatoms. The summed E-state index contributed by atoms with van der Waals surface area (Å²) in [6.45, 7) is -1.66. The Kier molecular flexibility index (Phi) is 3.66. The minimum Gasteiger partial charge on any atom is -0.382 e. The molecule has 24 heavy (non-hydrogen) atoms. The Balaban J connectivity index is 1.75. The van der Waals surface area contributed by atoms with Gasteiger partial charge in [0.1, 0.15) is 29.7 Å². The second kappa shape index (κ2) is 5.40. The molecule has 2 unspecified atom stereocenters. The van der Waals surface area contributed by atoms with Crippen LogP contribution in [0.25, 0.3) is 11.2 Å². The van der Waals surface area contributed by atoms with Crippen molar-refractivity contribution < 1.29 is 23.8 Å². The summed E-state index contributed by atoms with van der Waals surface area (Å²) in [6, 6.07) is 0. The van der Waals surface area contributed by atoms with E-state index in [-0.39, 0.29) is 12.4 Å². The molecule has 2 fully saturated rings. The van der Waals surface area contributed by atoms with E-state index in [1.165, 1.54) is 6.33 Å². The molecule has 4 heterocycles. The van der Waals surface area contributed by atoms with Crippen LogP contribution in [0.5, 0.6) is 0 Å². The summed E-state index contributed by atoms with van der Waals surface area (Å²) in [6.07, 6.45) is 1.59. The largest absolute Gasteiger partial charge is 0.382 e. The number of ether oxygens (including phenoxy) is 2. The van der Waals surface area contributed by atoms with Gasteiger partial charge in [-0.05, 0) is 18.2 Å². The molecule has 0 amide bonds. The SMILES string of the molecule is CC[C@]12COC(C1OP(O)(O)=S)[C@H](n1cnc3c(N)ncnc31)O2. The summed E-state index contributed by atoms with van der Waals surface area (Å²) < 4.78 is 19.0. The van der Waals surface area contributed by atoms with E-state index in [9.17, 15) is 9.79 Å². The molecule has 10 nitrogen and oxygen atoms in total. The molecular weight excluding hydrogens is 357 g/mol. The number of hydrogen-bond donors (Lipinski definition) is 3. The predicted molar refractivity (Wildman–Crippen MR) is 86.2 cm³/mol. The Bertz CT molecular complexity index is 842. The van der Waals surface area contributed by atoms with Gasteiger partial charge < -0.3 is 25.0 Å². The van der Waals surface area contributed by atoms with Gasteiger partial charge in [0.2, 0.25) is 0 Å². The van der Waals surface area contributed by atoms with Gasteiger partial charge in [-0.1, -0.05) is 6.92 Å². The van der Waals surface area contributed by atoms with Gasteiger partial charge in [-0.2, -0.15) is 0 Å². The van der Waals surface area contributed by atoms with Crippen molar-refractivity contribution in [2.24, 2.45) is 0 Å². The summed E-state index contributed by atoms with van der Waals surface area (Å²) in [7, 11) is 0. The van der Waals surface area contributed by atoms with Gasteiger partial charge in [-0.15, -0.1) is 0 Å². The molecule has 0 saturated carbocycles. The van der Waals surface area contributed by atoms with Crippen molar-refractivity contribution in [1.82, 2.24) is 19.5 Å². The zero-order valence-corrected chi connectivity index (χ0v) is 14.4. The third-order valence-electron chi connectivity index (χ3n) is 4.48. The Morgan fingerprint density at radius 1 is 1.50 bits per heavy atom. The van der Waals surface area contributed by atoms with E-state index in [2.05, 4.69) is 26.8 Å². The fourth-order valence-corrected chi connectivity index (χ4v) is 4.19. The second-order valence-electron chi connectivity index (χ2n) is 5.80.